The van der Waals surface area contributed by atoms with E-state index in [1.165, 1.54) is 10.7 Å². The minimum Gasteiger partial charge on any atom is -0.341 e. The van der Waals surface area contributed by atoms with Crippen LogP contribution in [0.4, 0.5) is 0 Å². The van der Waals surface area contributed by atoms with Gasteiger partial charge in [0.25, 0.3) is 0 Å². The van der Waals surface area contributed by atoms with Gasteiger partial charge in [-0.15, -0.1) is 11.3 Å². The van der Waals surface area contributed by atoms with Crippen molar-refractivity contribution in [2.75, 3.05) is 19.6 Å². The Morgan fingerprint density at radius 3 is 2.70 bits per heavy atom. The normalized spacial score (nSPS) is 19.4. The van der Waals surface area contributed by atoms with Crippen molar-refractivity contribution >= 4 is 17.2 Å². The Kier molecular flexibility index (Phi) is 6.20. The summed E-state index contributed by atoms with van der Waals surface area (Å²) in [7, 11) is 0. The van der Waals surface area contributed by atoms with Crippen LogP contribution in [-0.4, -0.2) is 35.4 Å². The zero-order valence-electron chi connectivity index (χ0n) is 15.0. The van der Waals surface area contributed by atoms with Gasteiger partial charge >= 0.3 is 0 Å². The van der Waals surface area contributed by atoms with E-state index in [4.69, 9.17) is 10.7 Å². The van der Waals surface area contributed by atoms with Crippen LogP contribution in [0.25, 0.3) is 0 Å². The van der Waals surface area contributed by atoms with Crippen LogP contribution in [0, 0.1) is 5.41 Å². The van der Waals surface area contributed by atoms with Gasteiger partial charge in [-0.25, -0.2) is 4.98 Å². The largest absolute Gasteiger partial charge is 0.341 e. The van der Waals surface area contributed by atoms with Crippen LogP contribution in [-0.2, 0) is 4.79 Å². The van der Waals surface area contributed by atoms with E-state index < -0.39 is 0 Å². The van der Waals surface area contributed by atoms with Crippen LogP contribution in [0.2, 0.25) is 0 Å². The fourth-order valence-electron chi connectivity index (χ4n) is 3.38. The number of aromatic nitrogens is 1. The average Bonchev–Trinajstić information content (AvgIpc) is 3.07. The fourth-order valence-corrected chi connectivity index (χ4v) is 4.49. The molecule has 0 radical (unpaired) electrons. The van der Waals surface area contributed by atoms with Crippen LogP contribution >= 0.6 is 11.3 Å². The average molecular weight is 338 g/mol. The monoisotopic (exact) mass is 337 g/mol. The van der Waals surface area contributed by atoms with Crippen LogP contribution < -0.4 is 5.73 Å². The Bertz CT molecular complexity index is 514. The van der Waals surface area contributed by atoms with Gasteiger partial charge in [-0.05, 0) is 31.6 Å². The highest BCUT2D eigenvalue weighted by molar-refractivity contribution is 7.09. The zero-order valence-corrected chi connectivity index (χ0v) is 15.8. The second kappa shape index (κ2) is 7.75. The Hall–Kier alpha value is -0.940. The number of carbonyl (C=O) groups is 1. The van der Waals surface area contributed by atoms with E-state index in [9.17, 15) is 4.79 Å². The van der Waals surface area contributed by atoms with Gasteiger partial charge in [0.1, 0.15) is 0 Å². The Labute approximate surface area is 144 Å². The summed E-state index contributed by atoms with van der Waals surface area (Å²) in [4.78, 5) is 19.9. The highest BCUT2D eigenvalue weighted by atomic mass is 32.1. The van der Waals surface area contributed by atoms with E-state index in [-0.39, 0.29) is 11.3 Å². The van der Waals surface area contributed by atoms with Crippen molar-refractivity contribution < 1.29 is 4.79 Å². The number of piperidine rings is 1. The first-order valence-corrected chi connectivity index (χ1v) is 9.80. The second-order valence-electron chi connectivity index (χ2n) is 7.05. The molecule has 1 aromatic rings. The lowest BCUT2D eigenvalue weighted by Crippen LogP contribution is -2.50. The number of nitrogens with two attached hydrogens (primary N) is 1. The van der Waals surface area contributed by atoms with Gasteiger partial charge in [-0.1, -0.05) is 27.7 Å². The predicted octanol–water partition coefficient (Wildman–Crippen LogP) is 3.74. The quantitative estimate of drug-likeness (QED) is 0.860. The summed E-state index contributed by atoms with van der Waals surface area (Å²) < 4.78 is 0. The smallest absolute Gasteiger partial charge is 0.230 e. The van der Waals surface area contributed by atoms with E-state index in [1.54, 1.807) is 11.3 Å². The van der Waals surface area contributed by atoms with Crippen molar-refractivity contribution in [3.63, 3.8) is 0 Å². The van der Waals surface area contributed by atoms with Crippen molar-refractivity contribution in [2.24, 2.45) is 11.1 Å². The summed E-state index contributed by atoms with van der Waals surface area (Å²) in [6.45, 7) is 10.6. The number of thiazole rings is 1. The molecule has 1 fully saturated rings. The summed E-state index contributed by atoms with van der Waals surface area (Å²) in [5.41, 5.74) is 6.75. The third-order valence-electron chi connectivity index (χ3n) is 5.39. The maximum absolute atomic E-state index is 13.0. The van der Waals surface area contributed by atoms with Crippen LogP contribution in [0.5, 0.6) is 0 Å². The van der Waals surface area contributed by atoms with E-state index in [0.717, 1.165) is 38.8 Å². The molecule has 1 unspecified atom stereocenters. The molecule has 2 N–H and O–H groups in total. The first kappa shape index (κ1) is 18.4. The Morgan fingerprint density at radius 1 is 1.48 bits per heavy atom. The molecule has 0 bridgehead atoms. The van der Waals surface area contributed by atoms with E-state index >= 15 is 0 Å². The molecule has 130 valence electrons. The number of carbonyl (C=O) groups excluding carboxylic acids is 1. The Morgan fingerprint density at radius 2 is 2.17 bits per heavy atom. The van der Waals surface area contributed by atoms with Crippen molar-refractivity contribution in [2.45, 2.75) is 65.2 Å². The lowest BCUT2D eigenvalue weighted by atomic mass is 9.80. The molecule has 2 heterocycles. The topological polar surface area (TPSA) is 59.2 Å². The first-order valence-electron chi connectivity index (χ1n) is 8.92. The summed E-state index contributed by atoms with van der Waals surface area (Å²) in [6.07, 6.45) is 3.81. The molecule has 5 heteroatoms. The summed E-state index contributed by atoms with van der Waals surface area (Å²) in [5.74, 6) is 1.09. The molecular weight excluding hydrogens is 306 g/mol. The summed E-state index contributed by atoms with van der Waals surface area (Å²) in [5, 5.41) is 3.36. The molecule has 23 heavy (non-hydrogen) atoms. The maximum Gasteiger partial charge on any atom is 0.230 e. The maximum atomic E-state index is 13.0. The van der Waals surface area contributed by atoms with E-state index in [1.807, 2.05) is 4.90 Å². The number of hydrogen-bond acceptors (Lipinski definition) is 4. The number of nitrogens with zero attached hydrogens (tertiary/aromatic N) is 2. The van der Waals surface area contributed by atoms with Gasteiger partial charge in [0, 0.05) is 30.9 Å². The molecule has 1 saturated heterocycles. The van der Waals surface area contributed by atoms with Crippen LogP contribution in [0.1, 0.15) is 75.9 Å². The van der Waals surface area contributed by atoms with Gasteiger partial charge in [-0.2, -0.15) is 0 Å². The van der Waals surface area contributed by atoms with Gasteiger partial charge in [0.15, 0.2) is 0 Å². The van der Waals surface area contributed by atoms with E-state index in [0.29, 0.717) is 18.4 Å². The minimum absolute atomic E-state index is 0.246. The molecule has 0 spiro atoms. The van der Waals surface area contributed by atoms with Crippen LogP contribution in [0.15, 0.2) is 5.38 Å². The van der Waals surface area contributed by atoms with Crippen molar-refractivity contribution in [1.29, 1.82) is 0 Å². The lowest BCUT2D eigenvalue weighted by molar-refractivity contribution is -0.143. The van der Waals surface area contributed by atoms with E-state index in [2.05, 4.69) is 33.1 Å². The number of hydrogen-bond donors (Lipinski definition) is 1. The molecule has 4 nitrogen and oxygen atoms in total. The minimum atomic E-state index is -0.381. The number of rotatable bonds is 6. The van der Waals surface area contributed by atoms with Crippen molar-refractivity contribution in [1.82, 2.24) is 9.88 Å². The third kappa shape index (κ3) is 3.77. The Balaban J connectivity index is 2.12. The van der Waals surface area contributed by atoms with Crippen molar-refractivity contribution in [3.05, 3.63) is 16.1 Å². The molecular formula is C18H31N3OS. The van der Waals surface area contributed by atoms with Crippen LogP contribution in [0.3, 0.4) is 0 Å². The molecule has 1 aromatic heterocycles. The van der Waals surface area contributed by atoms with Gasteiger partial charge in [0.05, 0.1) is 16.1 Å². The SMILES string of the molecule is CCC(CC)(CN)C(=O)N1CCCC(c2nc(C(C)C)cs2)C1. The molecule has 0 aliphatic carbocycles. The molecule has 1 aliphatic rings. The highest BCUT2D eigenvalue weighted by Crippen LogP contribution is 2.34. The first-order chi connectivity index (χ1) is 11.0. The molecule has 2 rings (SSSR count). The number of likely N-dealkylation sites (tertiary alicyclic amines) is 1. The third-order valence-corrected chi connectivity index (χ3v) is 6.41. The highest BCUT2D eigenvalue weighted by Gasteiger charge is 2.39. The zero-order chi connectivity index (χ0) is 17.0. The second-order valence-corrected chi connectivity index (χ2v) is 7.94. The standard InChI is InChI=1S/C18H31N3OS/c1-5-18(6-2,12-19)17(22)21-9-7-8-14(10-21)16-20-15(11-23-16)13(3)4/h11,13-14H,5-10,12,19H2,1-4H3. The van der Waals surface area contributed by atoms with Gasteiger partial charge < -0.3 is 10.6 Å². The predicted molar refractivity (Wildman–Crippen MR) is 96.8 cm³/mol. The fraction of sp³-hybridized carbons (Fsp3) is 0.778. The summed E-state index contributed by atoms with van der Waals surface area (Å²) in [6, 6.07) is 0. The van der Waals surface area contributed by atoms with Gasteiger partial charge in [-0.3, -0.25) is 4.79 Å². The molecule has 0 aromatic carbocycles. The number of amides is 1. The molecule has 1 atom stereocenters. The molecule has 0 saturated carbocycles. The lowest BCUT2D eigenvalue weighted by Gasteiger charge is -2.39. The molecule has 1 amide bonds. The molecule has 1 aliphatic heterocycles. The van der Waals surface area contributed by atoms with Crippen molar-refractivity contribution in [3.8, 4) is 0 Å². The summed E-state index contributed by atoms with van der Waals surface area (Å²) >= 11 is 1.75. The van der Waals surface area contributed by atoms with Gasteiger partial charge in [0.2, 0.25) is 5.91 Å².